The van der Waals surface area contributed by atoms with Crippen molar-refractivity contribution in [3.63, 3.8) is 0 Å². The lowest BCUT2D eigenvalue weighted by atomic mass is 10.1. The van der Waals surface area contributed by atoms with Gasteiger partial charge in [0.05, 0.1) is 22.6 Å². The third-order valence-electron chi connectivity index (χ3n) is 3.85. The number of fused-ring (bicyclic) bond motifs is 1. The lowest BCUT2D eigenvalue weighted by Gasteiger charge is -2.26. The SMILES string of the molecule is CC(NC(=O)NCC1COc2ccccc2O1)c1ccc(Cl)c(Cl)c1. The van der Waals surface area contributed by atoms with Crippen molar-refractivity contribution >= 4 is 29.2 Å². The third-order valence-corrected chi connectivity index (χ3v) is 4.59. The average Bonchev–Trinajstić information content (AvgIpc) is 2.62. The Morgan fingerprint density at radius 1 is 1.20 bits per heavy atom. The Labute approximate surface area is 156 Å². The number of hydrogen-bond donors (Lipinski definition) is 2. The zero-order valence-electron chi connectivity index (χ0n) is 13.6. The Morgan fingerprint density at radius 2 is 1.96 bits per heavy atom. The minimum Gasteiger partial charge on any atom is -0.486 e. The number of ether oxygens (including phenoxy) is 2. The van der Waals surface area contributed by atoms with E-state index >= 15 is 0 Å². The second kappa shape index (κ2) is 7.85. The largest absolute Gasteiger partial charge is 0.486 e. The molecule has 0 radical (unpaired) electrons. The molecule has 3 rings (SSSR count). The van der Waals surface area contributed by atoms with Gasteiger partial charge in [0.2, 0.25) is 0 Å². The van der Waals surface area contributed by atoms with E-state index in [1.165, 1.54) is 0 Å². The summed E-state index contributed by atoms with van der Waals surface area (Å²) >= 11 is 11.9. The van der Waals surface area contributed by atoms with Crippen LogP contribution in [0.25, 0.3) is 0 Å². The van der Waals surface area contributed by atoms with Crippen LogP contribution in [0.3, 0.4) is 0 Å². The van der Waals surface area contributed by atoms with Gasteiger partial charge in [-0.25, -0.2) is 4.79 Å². The number of rotatable bonds is 4. The molecule has 0 saturated carbocycles. The molecule has 25 heavy (non-hydrogen) atoms. The van der Waals surface area contributed by atoms with E-state index in [9.17, 15) is 4.79 Å². The monoisotopic (exact) mass is 380 g/mol. The molecule has 2 atom stereocenters. The molecular weight excluding hydrogens is 363 g/mol. The molecule has 5 nitrogen and oxygen atoms in total. The van der Waals surface area contributed by atoms with Crippen molar-refractivity contribution in [2.75, 3.05) is 13.2 Å². The summed E-state index contributed by atoms with van der Waals surface area (Å²) in [6, 6.07) is 12.2. The van der Waals surface area contributed by atoms with E-state index in [1.54, 1.807) is 12.1 Å². The van der Waals surface area contributed by atoms with Crippen molar-refractivity contribution in [2.45, 2.75) is 19.1 Å². The van der Waals surface area contributed by atoms with Crippen LogP contribution in [0.1, 0.15) is 18.5 Å². The minimum atomic E-state index is -0.291. The first kappa shape index (κ1) is 17.7. The maximum atomic E-state index is 12.1. The smallest absolute Gasteiger partial charge is 0.315 e. The summed E-state index contributed by atoms with van der Waals surface area (Å²) in [6.45, 7) is 2.60. The van der Waals surface area contributed by atoms with Gasteiger partial charge in [-0.3, -0.25) is 0 Å². The maximum absolute atomic E-state index is 12.1. The molecule has 2 aromatic rings. The second-order valence-corrected chi connectivity index (χ2v) is 6.56. The van der Waals surface area contributed by atoms with Crippen molar-refractivity contribution in [2.24, 2.45) is 0 Å². The van der Waals surface area contributed by atoms with Gasteiger partial charge < -0.3 is 20.1 Å². The molecular formula is C18H18Cl2N2O3. The molecule has 0 fully saturated rings. The van der Waals surface area contributed by atoms with E-state index in [4.69, 9.17) is 32.7 Å². The summed E-state index contributed by atoms with van der Waals surface area (Å²) in [5, 5.41) is 6.59. The maximum Gasteiger partial charge on any atom is 0.315 e. The molecule has 0 aromatic heterocycles. The van der Waals surface area contributed by atoms with E-state index in [-0.39, 0.29) is 18.2 Å². The van der Waals surface area contributed by atoms with Gasteiger partial charge in [0.15, 0.2) is 17.6 Å². The number of para-hydroxylation sites is 2. The number of hydrogen-bond acceptors (Lipinski definition) is 3. The first-order valence-electron chi connectivity index (χ1n) is 7.90. The molecule has 2 N–H and O–H groups in total. The fourth-order valence-electron chi connectivity index (χ4n) is 2.48. The molecule has 1 aliphatic heterocycles. The zero-order chi connectivity index (χ0) is 17.8. The molecule has 0 bridgehead atoms. The topological polar surface area (TPSA) is 59.6 Å². The van der Waals surface area contributed by atoms with Crippen molar-refractivity contribution in [3.8, 4) is 11.5 Å². The van der Waals surface area contributed by atoms with Crippen LogP contribution in [0, 0.1) is 0 Å². The van der Waals surface area contributed by atoms with E-state index in [0.29, 0.717) is 28.9 Å². The fraction of sp³-hybridized carbons (Fsp3) is 0.278. The minimum absolute atomic E-state index is 0.209. The first-order valence-corrected chi connectivity index (χ1v) is 8.66. The number of carbonyl (C=O) groups excluding carboxylic acids is 1. The van der Waals surface area contributed by atoms with Crippen LogP contribution in [0.5, 0.6) is 11.5 Å². The number of benzene rings is 2. The molecule has 0 saturated heterocycles. The van der Waals surface area contributed by atoms with E-state index in [2.05, 4.69) is 10.6 Å². The van der Waals surface area contributed by atoms with E-state index in [1.807, 2.05) is 37.3 Å². The van der Waals surface area contributed by atoms with Gasteiger partial charge in [-0.1, -0.05) is 41.4 Å². The molecule has 2 unspecified atom stereocenters. The van der Waals surface area contributed by atoms with E-state index < -0.39 is 0 Å². The van der Waals surface area contributed by atoms with Gasteiger partial charge in [0.1, 0.15) is 6.61 Å². The van der Waals surface area contributed by atoms with Gasteiger partial charge in [-0.2, -0.15) is 0 Å². The van der Waals surface area contributed by atoms with Crippen LogP contribution in [-0.4, -0.2) is 25.3 Å². The summed E-state index contributed by atoms with van der Waals surface area (Å²) < 4.78 is 11.4. The van der Waals surface area contributed by atoms with E-state index in [0.717, 1.165) is 11.3 Å². The van der Waals surface area contributed by atoms with Gasteiger partial charge in [0, 0.05) is 0 Å². The van der Waals surface area contributed by atoms with Crippen molar-refractivity contribution in [1.82, 2.24) is 10.6 Å². The van der Waals surface area contributed by atoms with Crippen molar-refractivity contribution < 1.29 is 14.3 Å². The average molecular weight is 381 g/mol. The number of nitrogens with one attached hydrogen (secondary N) is 2. The van der Waals surface area contributed by atoms with Crippen LogP contribution >= 0.6 is 23.2 Å². The molecule has 7 heteroatoms. The summed E-state index contributed by atoms with van der Waals surface area (Å²) in [7, 11) is 0. The zero-order valence-corrected chi connectivity index (χ0v) is 15.1. The number of carbonyl (C=O) groups is 1. The summed E-state index contributed by atoms with van der Waals surface area (Å²) in [6.07, 6.45) is -0.235. The fourth-order valence-corrected chi connectivity index (χ4v) is 2.79. The van der Waals surface area contributed by atoms with Gasteiger partial charge in [-0.15, -0.1) is 0 Å². The molecule has 0 aliphatic carbocycles. The molecule has 0 spiro atoms. The summed E-state index contributed by atoms with van der Waals surface area (Å²) in [5.41, 5.74) is 0.871. The highest BCUT2D eigenvalue weighted by atomic mass is 35.5. The van der Waals surface area contributed by atoms with Crippen molar-refractivity contribution in [1.29, 1.82) is 0 Å². The predicted molar refractivity (Wildman–Crippen MR) is 97.8 cm³/mol. The third kappa shape index (κ3) is 4.50. The van der Waals surface area contributed by atoms with Gasteiger partial charge in [0.25, 0.3) is 0 Å². The highest BCUT2D eigenvalue weighted by Gasteiger charge is 2.21. The number of halogens is 2. The van der Waals surface area contributed by atoms with Crippen LogP contribution in [0.4, 0.5) is 4.79 Å². The highest BCUT2D eigenvalue weighted by Crippen LogP contribution is 2.30. The lowest BCUT2D eigenvalue weighted by molar-refractivity contribution is 0.0917. The quantitative estimate of drug-likeness (QED) is 0.835. The molecule has 132 valence electrons. The summed E-state index contributed by atoms with van der Waals surface area (Å²) in [5.74, 6) is 1.40. The highest BCUT2D eigenvalue weighted by molar-refractivity contribution is 6.42. The molecule has 1 aliphatic rings. The summed E-state index contributed by atoms with van der Waals surface area (Å²) in [4.78, 5) is 12.1. The Balaban J connectivity index is 1.49. The van der Waals surface area contributed by atoms with Crippen LogP contribution in [0.15, 0.2) is 42.5 Å². The first-order chi connectivity index (χ1) is 12.0. The Kier molecular flexibility index (Phi) is 5.56. The molecule has 1 heterocycles. The van der Waals surface area contributed by atoms with Crippen molar-refractivity contribution in [3.05, 3.63) is 58.1 Å². The second-order valence-electron chi connectivity index (χ2n) is 5.75. The number of amides is 2. The molecule has 2 amide bonds. The normalized spacial score (nSPS) is 16.8. The number of urea groups is 1. The van der Waals surface area contributed by atoms with Crippen LogP contribution in [-0.2, 0) is 0 Å². The predicted octanol–water partition coefficient (Wildman–Crippen LogP) is 4.19. The van der Waals surface area contributed by atoms with Crippen LogP contribution < -0.4 is 20.1 Å². The Morgan fingerprint density at radius 3 is 2.72 bits per heavy atom. The van der Waals surface area contributed by atoms with Gasteiger partial charge >= 0.3 is 6.03 Å². The van der Waals surface area contributed by atoms with Gasteiger partial charge in [-0.05, 0) is 36.8 Å². The Bertz CT molecular complexity index is 770. The van der Waals surface area contributed by atoms with Crippen LogP contribution in [0.2, 0.25) is 10.0 Å². The lowest BCUT2D eigenvalue weighted by Crippen LogP contribution is -2.45. The Hall–Kier alpha value is -2.11. The molecule has 2 aromatic carbocycles. The standard InChI is InChI=1S/C18H18Cl2N2O3/c1-11(12-6-7-14(19)15(20)8-12)22-18(23)21-9-13-10-24-16-4-2-3-5-17(16)25-13/h2-8,11,13H,9-10H2,1H3,(H2,21,22,23).